The third-order valence-corrected chi connectivity index (χ3v) is 4.53. The summed E-state index contributed by atoms with van der Waals surface area (Å²) in [6.45, 7) is 0. The van der Waals surface area contributed by atoms with Gasteiger partial charge in [-0.15, -0.1) is 0 Å². The van der Waals surface area contributed by atoms with Crippen molar-refractivity contribution in [3.05, 3.63) is 88.4 Å². The van der Waals surface area contributed by atoms with E-state index in [1.807, 2.05) is 72.8 Å². The summed E-state index contributed by atoms with van der Waals surface area (Å²) in [6, 6.07) is 22.9. The van der Waals surface area contributed by atoms with E-state index in [9.17, 15) is 4.79 Å². The van der Waals surface area contributed by atoms with E-state index in [0.29, 0.717) is 0 Å². The molecule has 1 N–H and O–H groups in total. The van der Waals surface area contributed by atoms with Gasteiger partial charge in [0.1, 0.15) is 11.5 Å². The SMILES string of the molecule is O=C(Nc1cccc(Br)c1)C1c2ccccc2Oc2ccccc21. The van der Waals surface area contributed by atoms with Crippen LogP contribution >= 0.6 is 15.9 Å². The molecule has 0 aliphatic carbocycles. The number of anilines is 1. The van der Waals surface area contributed by atoms with E-state index in [1.165, 1.54) is 0 Å². The highest BCUT2D eigenvalue weighted by Crippen LogP contribution is 2.44. The monoisotopic (exact) mass is 379 g/mol. The minimum absolute atomic E-state index is 0.0729. The Labute approximate surface area is 148 Å². The van der Waals surface area contributed by atoms with Crippen molar-refractivity contribution in [2.75, 3.05) is 5.32 Å². The predicted octanol–water partition coefficient (Wildman–Crippen LogP) is 5.33. The molecule has 4 heteroatoms. The van der Waals surface area contributed by atoms with Crippen molar-refractivity contribution in [1.82, 2.24) is 0 Å². The third kappa shape index (κ3) is 2.69. The lowest BCUT2D eigenvalue weighted by atomic mass is 9.87. The number of para-hydroxylation sites is 2. The topological polar surface area (TPSA) is 38.3 Å². The highest BCUT2D eigenvalue weighted by molar-refractivity contribution is 9.10. The normalized spacial score (nSPS) is 12.7. The van der Waals surface area contributed by atoms with Gasteiger partial charge in [0.2, 0.25) is 5.91 Å². The van der Waals surface area contributed by atoms with Crippen LogP contribution in [0.15, 0.2) is 77.3 Å². The number of hydrogen-bond acceptors (Lipinski definition) is 2. The maximum absolute atomic E-state index is 13.0. The fourth-order valence-electron chi connectivity index (χ4n) is 2.97. The van der Waals surface area contributed by atoms with Crippen molar-refractivity contribution in [3.63, 3.8) is 0 Å². The average molecular weight is 380 g/mol. The highest BCUT2D eigenvalue weighted by Gasteiger charge is 2.32. The summed E-state index contributed by atoms with van der Waals surface area (Å²) in [7, 11) is 0. The minimum Gasteiger partial charge on any atom is -0.457 e. The Kier molecular flexibility index (Phi) is 3.82. The molecule has 0 aromatic heterocycles. The van der Waals surface area contributed by atoms with Gasteiger partial charge < -0.3 is 10.1 Å². The molecule has 3 nitrogen and oxygen atoms in total. The Bertz CT molecular complexity index is 877. The molecule has 1 heterocycles. The van der Waals surface area contributed by atoms with Crippen LogP contribution in [0.1, 0.15) is 17.0 Å². The molecule has 1 aliphatic rings. The fraction of sp³-hybridized carbons (Fsp3) is 0.0500. The van der Waals surface area contributed by atoms with Crippen molar-refractivity contribution in [1.29, 1.82) is 0 Å². The average Bonchev–Trinajstić information content (AvgIpc) is 2.59. The molecule has 118 valence electrons. The molecule has 3 aromatic rings. The number of amides is 1. The molecule has 3 aromatic carbocycles. The lowest BCUT2D eigenvalue weighted by Crippen LogP contribution is -2.25. The van der Waals surface area contributed by atoms with Crippen molar-refractivity contribution in [3.8, 4) is 11.5 Å². The van der Waals surface area contributed by atoms with Gasteiger partial charge in [-0.1, -0.05) is 58.4 Å². The van der Waals surface area contributed by atoms with E-state index in [1.54, 1.807) is 0 Å². The molecule has 4 rings (SSSR count). The molecule has 0 atom stereocenters. The molecule has 0 unspecified atom stereocenters. The summed E-state index contributed by atoms with van der Waals surface area (Å²) in [5.74, 6) is 0.984. The van der Waals surface area contributed by atoms with Crippen LogP contribution in [0, 0.1) is 0 Å². The number of rotatable bonds is 2. The Hall–Kier alpha value is -2.59. The van der Waals surface area contributed by atoms with Crippen LogP contribution in [0.25, 0.3) is 0 Å². The summed E-state index contributed by atoms with van der Waals surface area (Å²) in [4.78, 5) is 13.0. The zero-order chi connectivity index (χ0) is 16.5. The molecule has 0 saturated carbocycles. The minimum atomic E-state index is -0.398. The molecular formula is C20H14BrNO2. The van der Waals surface area contributed by atoms with E-state index in [4.69, 9.17) is 4.74 Å². The van der Waals surface area contributed by atoms with Crippen molar-refractivity contribution in [2.45, 2.75) is 5.92 Å². The zero-order valence-electron chi connectivity index (χ0n) is 12.7. The van der Waals surface area contributed by atoms with Crippen molar-refractivity contribution < 1.29 is 9.53 Å². The Balaban J connectivity index is 1.75. The molecule has 0 spiro atoms. The van der Waals surface area contributed by atoms with Gasteiger partial charge in [-0.05, 0) is 30.3 Å². The maximum Gasteiger partial charge on any atom is 0.236 e. The van der Waals surface area contributed by atoms with Gasteiger partial charge in [0.15, 0.2) is 0 Å². The second-order valence-electron chi connectivity index (χ2n) is 5.61. The van der Waals surface area contributed by atoms with Crippen LogP contribution in [-0.2, 0) is 4.79 Å². The number of carbonyl (C=O) groups excluding carboxylic acids is 1. The van der Waals surface area contributed by atoms with Crippen molar-refractivity contribution >= 4 is 27.5 Å². The van der Waals surface area contributed by atoms with Crippen molar-refractivity contribution in [2.24, 2.45) is 0 Å². The van der Waals surface area contributed by atoms with Crippen LogP contribution in [0.5, 0.6) is 11.5 Å². The molecule has 0 bridgehead atoms. The smallest absolute Gasteiger partial charge is 0.236 e. The van der Waals surface area contributed by atoms with Gasteiger partial charge in [0.05, 0.1) is 5.92 Å². The maximum atomic E-state index is 13.0. The van der Waals surface area contributed by atoms with Gasteiger partial charge in [0.25, 0.3) is 0 Å². The molecule has 0 saturated heterocycles. The predicted molar refractivity (Wildman–Crippen MR) is 97.6 cm³/mol. The van der Waals surface area contributed by atoms with Gasteiger partial charge >= 0.3 is 0 Å². The number of ether oxygens (including phenoxy) is 1. The number of benzene rings is 3. The molecule has 1 aliphatic heterocycles. The second kappa shape index (κ2) is 6.13. The van der Waals surface area contributed by atoms with Crippen LogP contribution < -0.4 is 10.1 Å². The van der Waals surface area contributed by atoms with Gasteiger partial charge in [-0.2, -0.15) is 0 Å². The van der Waals surface area contributed by atoms with Gasteiger partial charge in [-0.25, -0.2) is 0 Å². The quantitative estimate of drug-likeness (QED) is 0.653. The first-order chi connectivity index (χ1) is 11.7. The van der Waals surface area contributed by atoms with Crippen LogP contribution in [0.2, 0.25) is 0 Å². The molecule has 0 fully saturated rings. The standard InChI is InChI=1S/C20H14BrNO2/c21-13-6-5-7-14(12-13)22-20(23)19-15-8-1-3-10-17(15)24-18-11-4-2-9-16(18)19/h1-12,19H,(H,22,23). The lowest BCUT2D eigenvalue weighted by Gasteiger charge is -2.27. The summed E-state index contributed by atoms with van der Waals surface area (Å²) in [5, 5.41) is 3.01. The van der Waals surface area contributed by atoms with E-state index < -0.39 is 5.92 Å². The number of halogens is 1. The molecular weight excluding hydrogens is 366 g/mol. The fourth-order valence-corrected chi connectivity index (χ4v) is 3.37. The van der Waals surface area contributed by atoms with Crippen LogP contribution in [0.3, 0.4) is 0 Å². The first-order valence-electron chi connectivity index (χ1n) is 7.64. The van der Waals surface area contributed by atoms with E-state index in [-0.39, 0.29) is 5.91 Å². The largest absolute Gasteiger partial charge is 0.457 e. The molecule has 0 radical (unpaired) electrons. The first-order valence-corrected chi connectivity index (χ1v) is 8.44. The number of fused-ring (bicyclic) bond motifs is 2. The van der Waals surface area contributed by atoms with E-state index in [2.05, 4.69) is 21.2 Å². The Morgan fingerprint density at radius 1 is 0.875 bits per heavy atom. The summed E-state index contributed by atoms with van der Waals surface area (Å²) in [5.41, 5.74) is 2.52. The van der Waals surface area contributed by atoms with Crippen LogP contribution in [-0.4, -0.2) is 5.91 Å². The van der Waals surface area contributed by atoms with E-state index >= 15 is 0 Å². The van der Waals surface area contributed by atoms with Crippen LogP contribution in [0.4, 0.5) is 5.69 Å². The number of nitrogens with one attached hydrogen (secondary N) is 1. The number of carbonyl (C=O) groups is 1. The number of hydrogen-bond donors (Lipinski definition) is 1. The summed E-state index contributed by atoms with van der Waals surface area (Å²) >= 11 is 3.43. The van der Waals surface area contributed by atoms with E-state index in [0.717, 1.165) is 32.8 Å². The molecule has 24 heavy (non-hydrogen) atoms. The lowest BCUT2D eigenvalue weighted by molar-refractivity contribution is -0.116. The Morgan fingerprint density at radius 2 is 1.50 bits per heavy atom. The second-order valence-corrected chi connectivity index (χ2v) is 6.53. The zero-order valence-corrected chi connectivity index (χ0v) is 14.3. The van der Waals surface area contributed by atoms with Gasteiger partial charge in [-0.3, -0.25) is 4.79 Å². The molecule has 1 amide bonds. The highest BCUT2D eigenvalue weighted by atomic mass is 79.9. The Morgan fingerprint density at radius 3 is 2.12 bits per heavy atom. The first kappa shape index (κ1) is 15.0. The van der Waals surface area contributed by atoms with Gasteiger partial charge in [0, 0.05) is 21.3 Å². The summed E-state index contributed by atoms with van der Waals surface area (Å²) < 4.78 is 6.86. The summed E-state index contributed by atoms with van der Waals surface area (Å²) in [6.07, 6.45) is 0. The third-order valence-electron chi connectivity index (χ3n) is 4.03.